The Hall–Kier alpha value is -3.35. The van der Waals surface area contributed by atoms with E-state index in [9.17, 15) is 14.4 Å². The van der Waals surface area contributed by atoms with Gasteiger partial charge >= 0.3 is 0 Å². The van der Waals surface area contributed by atoms with E-state index in [2.05, 4.69) is 16.0 Å². The zero-order valence-electron chi connectivity index (χ0n) is 16.7. The van der Waals surface area contributed by atoms with Gasteiger partial charge in [-0.2, -0.15) is 0 Å². The van der Waals surface area contributed by atoms with E-state index in [1.54, 1.807) is 31.4 Å². The first kappa shape index (κ1) is 20.4. The molecule has 0 saturated heterocycles. The first-order chi connectivity index (χ1) is 13.9. The Morgan fingerprint density at radius 1 is 1.10 bits per heavy atom. The Balaban J connectivity index is 1.70. The lowest BCUT2D eigenvalue weighted by Gasteiger charge is -2.24. The minimum Gasteiger partial charge on any atom is -0.497 e. The Morgan fingerprint density at radius 3 is 2.45 bits per heavy atom. The molecular weight excluding hydrogens is 370 g/mol. The molecule has 2 atom stereocenters. The normalized spacial score (nSPS) is 16.9. The fourth-order valence-corrected chi connectivity index (χ4v) is 3.32. The van der Waals surface area contributed by atoms with Crippen molar-refractivity contribution in [2.24, 2.45) is 5.92 Å². The second-order valence-corrected chi connectivity index (χ2v) is 7.33. The van der Waals surface area contributed by atoms with E-state index in [0.29, 0.717) is 11.3 Å². The van der Waals surface area contributed by atoms with Crippen LogP contribution in [0, 0.1) is 5.92 Å². The molecule has 3 rings (SSSR count). The molecule has 0 radical (unpaired) electrons. The number of nitrogens with one attached hydrogen (secondary N) is 3. The number of anilines is 1. The summed E-state index contributed by atoms with van der Waals surface area (Å²) in [5.41, 5.74) is 1.76. The standard InChI is InChI=1S/C22H25N3O4/c1-13(2)20(14-8-10-15(29-3)11-9-14)25-19(26)12-18-22(28)23-17-7-5-4-6-16(17)21(27)24-18/h4-11,13,18,20H,12H2,1-3H3,(H,23,28)(H,24,27)(H,25,26)/t18-,20+/m1/s1. The van der Waals surface area contributed by atoms with Gasteiger partial charge in [0.15, 0.2) is 0 Å². The molecule has 7 nitrogen and oxygen atoms in total. The molecule has 1 aliphatic heterocycles. The van der Waals surface area contributed by atoms with Gasteiger partial charge in [0, 0.05) is 0 Å². The van der Waals surface area contributed by atoms with Gasteiger partial charge in [-0.15, -0.1) is 0 Å². The maximum atomic E-state index is 12.7. The third kappa shape index (κ3) is 4.74. The fraction of sp³-hybridized carbons (Fsp3) is 0.318. The van der Waals surface area contributed by atoms with Gasteiger partial charge in [-0.25, -0.2) is 0 Å². The maximum Gasteiger partial charge on any atom is 0.254 e. The summed E-state index contributed by atoms with van der Waals surface area (Å²) in [4.78, 5) is 37.6. The van der Waals surface area contributed by atoms with Crippen LogP contribution in [0.4, 0.5) is 5.69 Å². The third-order valence-corrected chi connectivity index (χ3v) is 4.90. The topological polar surface area (TPSA) is 96.5 Å². The van der Waals surface area contributed by atoms with Gasteiger partial charge in [0.2, 0.25) is 11.8 Å². The van der Waals surface area contributed by atoms with E-state index in [1.807, 2.05) is 38.1 Å². The quantitative estimate of drug-likeness (QED) is 0.701. The van der Waals surface area contributed by atoms with Crippen LogP contribution in [-0.4, -0.2) is 30.9 Å². The third-order valence-electron chi connectivity index (χ3n) is 4.90. The van der Waals surface area contributed by atoms with E-state index < -0.39 is 11.9 Å². The highest BCUT2D eigenvalue weighted by molar-refractivity contribution is 6.10. The van der Waals surface area contributed by atoms with Crippen molar-refractivity contribution < 1.29 is 19.1 Å². The molecule has 3 N–H and O–H groups in total. The molecule has 2 aromatic carbocycles. The Morgan fingerprint density at radius 2 is 1.79 bits per heavy atom. The molecule has 0 aromatic heterocycles. The van der Waals surface area contributed by atoms with Crippen LogP contribution in [0.2, 0.25) is 0 Å². The van der Waals surface area contributed by atoms with E-state index in [4.69, 9.17) is 4.74 Å². The van der Waals surface area contributed by atoms with Gasteiger partial charge in [-0.05, 0) is 35.7 Å². The molecule has 0 spiro atoms. The molecule has 1 heterocycles. The van der Waals surface area contributed by atoms with Crippen molar-refractivity contribution in [1.29, 1.82) is 0 Å². The largest absolute Gasteiger partial charge is 0.497 e. The van der Waals surface area contributed by atoms with E-state index in [1.165, 1.54) is 0 Å². The number of methoxy groups -OCH3 is 1. The predicted molar refractivity (Wildman–Crippen MR) is 110 cm³/mol. The second kappa shape index (κ2) is 8.77. The predicted octanol–water partition coefficient (Wildman–Crippen LogP) is 2.65. The highest BCUT2D eigenvalue weighted by atomic mass is 16.5. The van der Waals surface area contributed by atoms with Crippen LogP contribution in [0.25, 0.3) is 0 Å². The van der Waals surface area contributed by atoms with Gasteiger partial charge in [0.1, 0.15) is 11.8 Å². The summed E-state index contributed by atoms with van der Waals surface area (Å²) in [6.07, 6.45) is -0.148. The Kier molecular flexibility index (Phi) is 6.16. The average Bonchev–Trinajstić information content (AvgIpc) is 2.82. The van der Waals surface area contributed by atoms with Crippen molar-refractivity contribution in [3.05, 3.63) is 59.7 Å². The molecule has 0 aliphatic carbocycles. The van der Waals surface area contributed by atoms with E-state index in [0.717, 1.165) is 11.3 Å². The van der Waals surface area contributed by atoms with E-state index >= 15 is 0 Å². The SMILES string of the molecule is COc1ccc([C@@H](NC(=O)C[C@H]2NC(=O)c3ccccc3NC2=O)C(C)C)cc1. The molecule has 152 valence electrons. The van der Waals surface area contributed by atoms with Gasteiger partial charge < -0.3 is 20.7 Å². The summed E-state index contributed by atoms with van der Waals surface area (Å²) in [7, 11) is 1.60. The van der Waals surface area contributed by atoms with Crippen molar-refractivity contribution in [2.45, 2.75) is 32.4 Å². The second-order valence-electron chi connectivity index (χ2n) is 7.33. The lowest BCUT2D eigenvalue weighted by atomic mass is 9.95. The van der Waals surface area contributed by atoms with Gasteiger partial charge in [0.25, 0.3) is 5.91 Å². The van der Waals surface area contributed by atoms with Gasteiger partial charge in [-0.3, -0.25) is 14.4 Å². The van der Waals surface area contributed by atoms with Crippen molar-refractivity contribution in [2.75, 3.05) is 12.4 Å². The minimum absolute atomic E-state index is 0.133. The zero-order chi connectivity index (χ0) is 21.0. The number of carbonyl (C=O) groups excluding carboxylic acids is 3. The number of benzene rings is 2. The fourth-order valence-electron chi connectivity index (χ4n) is 3.32. The number of amides is 3. The van der Waals surface area contributed by atoms with Crippen molar-refractivity contribution >= 4 is 23.4 Å². The number of carbonyl (C=O) groups is 3. The molecule has 0 fully saturated rings. The molecule has 0 unspecified atom stereocenters. The summed E-state index contributed by atoms with van der Waals surface area (Å²) in [5.74, 6) is -0.239. The Bertz CT molecular complexity index is 909. The highest BCUT2D eigenvalue weighted by Gasteiger charge is 2.30. The maximum absolute atomic E-state index is 12.7. The van der Waals surface area contributed by atoms with Crippen molar-refractivity contribution in [3.8, 4) is 5.75 Å². The first-order valence-electron chi connectivity index (χ1n) is 9.53. The zero-order valence-corrected chi connectivity index (χ0v) is 16.7. The van der Waals surface area contributed by atoms with Crippen LogP contribution in [0.3, 0.4) is 0 Å². The smallest absolute Gasteiger partial charge is 0.254 e. The summed E-state index contributed by atoms with van der Waals surface area (Å²) >= 11 is 0. The summed E-state index contributed by atoms with van der Waals surface area (Å²) in [5, 5.41) is 8.34. The lowest BCUT2D eigenvalue weighted by Crippen LogP contribution is -2.45. The molecular formula is C22H25N3O4. The molecule has 3 amide bonds. The summed E-state index contributed by atoms with van der Waals surface area (Å²) in [6.45, 7) is 4.01. The highest BCUT2D eigenvalue weighted by Crippen LogP contribution is 2.24. The van der Waals surface area contributed by atoms with Gasteiger partial charge in [0.05, 0.1) is 30.8 Å². The van der Waals surface area contributed by atoms with Crippen LogP contribution in [-0.2, 0) is 9.59 Å². The number of hydrogen-bond acceptors (Lipinski definition) is 4. The number of rotatable bonds is 6. The van der Waals surface area contributed by atoms with Crippen LogP contribution >= 0.6 is 0 Å². The number of ether oxygens (including phenoxy) is 1. The minimum atomic E-state index is -0.946. The molecule has 2 aromatic rings. The summed E-state index contributed by atoms with van der Waals surface area (Å²) < 4.78 is 5.18. The molecule has 0 saturated carbocycles. The molecule has 7 heteroatoms. The van der Waals surface area contributed by atoms with Crippen molar-refractivity contribution in [1.82, 2.24) is 10.6 Å². The monoisotopic (exact) mass is 395 g/mol. The molecule has 29 heavy (non-hydrogen) atoms. The number of fused-ring (bicyclic) bond motifs is 1. The lowest BCUT2D eigenvalue weighted by molar-refractivity contribution is -0.126. The first-order valence-corrected chi connectivity index (χ1v) is 9.53. The molecule has 0 bridgehead atoms. The Labute approximate surface area is 169 Å². The van der Waals surface area contributed by atoms with E-state index in [-0.39, 0.29) is 30.2 Å². The molecule has 1 aliphatic rings. The van der Waals surface area contributed by atoms with Crippen molar-refractivity contribution in [3.63, 3.8) is 0 Å². The number of hydrogen-bond donors (Lipinski definition) is 3. The van der Waals surface area contributed by atoms with Gasteiger partial charge in [-0.1, -0.05) is 38.1 Å². The number of para-hydroxylation sites is 1. The summed E-state index contributed by atoms with van der Waals surface area (Å²) in [6, 6.07) is 13.1. The van der Waals surface area contributed by atoms with Crippen LogP contribution in [0.1, 0.15) is 42.2 Å². The average molecular weight is 395 g/mol. The van der Waals surface area contributed by atoms with Crippen LogP contribution in [0.15, 0.2) is 48.5 Å². The van der Waals surface area contributed by atoms with Crippen LogP contribution < -0.4 is 20.7 Å². The van der Waals surface area contributed by atoms with Crippen LogP contribution in [0.5, 0.6) is 5.75 Å².